The van der Waals surface area contributed by atoms with Crippen LogP contribution in [0.3, 0.4) is 0 Å². The van der Waals surface area contributed by atoms with Crippen molar-refractivity contribution in [2.45, 2.75) is 20.0 Å². The molecule has 9 heteroatoms. The molecule has 0 saturated heterocycles. The fourth-order valence-electron chi connectivity index (χ4n) is 3.19. The van der Waals surface area contributed by atoms with Crippen LogP contribution in [-0.2, 0) is 19.8 Å². The highest BCUT2D eigenvalue weighted by Gasteiger charge is 2.48. The first-order chi connectivity index (χ1) is 13.7. The standard InChI is InChI=1S/C20H19F3NO4P/c1-3-27-29(26,28-4-2)19-15-12-8-9-13-24(15)17(16(19)20(21,22)23)18(25)14-10-6-5-7-11-14/h5-13H,3-4H2,1-2H3. The average Bonchev–Trinajstić information content (AvgIpc) is 3.05. The van der Waals surface area contributed by atoms with E-state index in [-0.39, 0.29) is 24.3 Å². The number of fused-ring (bicyclic) bond motifs is 1. The minimum absolute atomic E-state index is 0.0515. The lowest BCUT2D eigenvalue weighted by atomic mass is 10.1. The zero-order valence-electron chi connectivity index (χ0n) is 15.8. The van der Waals surface area contributed by atoms with Crippen LogP contribution >= 0.6 is 7.60 Å². The minimum Gasteiger partial charge on any atom is -0.312 e. The van der Waals surface area contributed by atoms with Crippen molar-refractivity contribution in [3.63, 3.8) is 0 Å². The number of ketones is 1. The molecule has 0 bridgehead atoms. The number of hydrogen-bond acceptors (Lipinski definition) is 4. The van der Waals surface area contributed by atoms with E-state index >= 15 is 0 Å². The molecule has 3 aromatic rings. The largest absolute Gasteiger partial charge is 0.419 e. The number of hydrogen-bond donors (Lipinski definition) is 0. The highest BCUT2D eigenvalue weighted by molar-refractivity contribution is 7.62. The molecule has 0 saturated carbocycles. The van der Waals surface area contributed by atoms with Crippen LogP contribution in [-0.4, -0.2) is 23.4 Å². The molecule has 154 valence electrons. The Morgan fingerprint density at radius 2 is 1.59 bits per heavy atom. The molecule has 1 aromatic carbocycles. The molecule has 2 heterocycles. The van der Waals surface area contributed by atoms with Crippen LogP contribution in [0, 0.1) is 0 Å². The number of nitrogens with zero attached hydrogens (tertiary/aromatic N) is 1. The average molecular weight is 425 g/mol. The van der Waals surface area contributed by atoms with Crippen LogP contribution in [0.2, 0.25) is 0 Å². The summed E-state index contributed by atoms with van der Waals surface area (Å²) in [6.07, 6.45) is -3.64. The number of halogens is 3. The van der Waals surface area contributed by atoms with Crippen LogP contribution in [0.4, 0.5) is 13.2 Å². The maximum absolute atomic E-state index is 14.2. The van der Waals surface area contributed by atoms with E-state index in [2.05, 4.69) is 0 Å². The van der Waals surface area contributed by atoms with E-state index in [0.29, 0.717) is 0 Å². The van der Waals surface area contributed by atoms with Crippen LogP contribution in [0.1, 0.15) is 35.5 Å². The van der Waals surface area contributed by atoms with Crippen molar-refractivity contribution < 1.29 is 31.6 Å². The predicted octanol–water partition coefficient (Wildman–Crippen LogP) is 5.08. The van der Waals surface area contributed by atoms with Gasteiger partial charge in [0.05, 0.1) is 18.7 Å². The third-order valence-corrected chi connectivity index (χ3v) is 6.42. The Kier molecular flexibility index (Phi) is 5.98. The van der Waals surface area contributed by atoms with Gasteiger partial charge in [0, 0.05) is 11.8 Å². The van der Waals surface area contributed by atoms with Gasteiger partial charge in [-0.15, -0.1) is 0 Å². The van der Waals surface area contributed by atoms with Crippen LogP contribution in [0.5, 0.6) is 0 Å². The molecule has 5 nitrogen and oxygen atoms in total. The van der Waals surface area contributed by atoms with Gasteiger partial charge in [0.15, 0.2) is 0 Å². The molecule has 0 aliphatic carbocycles. The third kappa shape index (κ3) is 3.88. The Hall–Kier alpha value is -2.41. The number of aromatic nitrogens is 1. The lowest BCUT2D eigenvalue weighted by molar-refractivity contribution is -0.137. The summed E-state index contributed by atoms with van der Waals surface area (Å²) < 4.78 is 67.6. The van der Waals surface area contributed by atoms with Crippen molar-refractivity contribution in [3.8, 4) is 0 Å². The molecule has 0 atom stereocenters. The molecular formula is C20H19F3NO4P. The number of carbonyl (C=O) groups excluding carboxylic acids is 1. The Morgan fingerprint density at radius 3 is 2.14 bits per heavy atom. The van der Waals surface area contributed by atoms with Crippen molar-refractivity contribution in [3.05, 3.63) is 71.5 Å². The smallest absolute Gasteiger partial charge is 0.312 e. The third-order valence-electron chi connectivity index (χ3n) is 4.22. The van der Waals surface area contributed by atoms with E-state index in [9.17, 15) is 22.5 Å². The molecule has 3 rings (SSSR count). The van der Waals surface area contributed by atoms with Crippen molar-refractivity contribution in [1.29, 1.82) is 0 Å². The summed E-state index contributed by atoms with van der Waals surface area (Å²) >= 11 is 0. The van der Waals surface area contributed by atoms with Crippen LogP contribution in [0.25, 0.3) is 5.52 Å². The van der Waals surface area contributed by atoms with E-state index in [1.165, 1.54) is 50.4 Å². The summed E-state index contributed by atoms with van der Waals surface area (Å²) in [4.78, 5) is 13.1. The van der Waals surface area contributed by atoms with E-state index < -0.39 is 36.1 Å². The second-order valence-electron chi connectivity index (χ2n) is 6.05. The Balaban J connectivity index is 2.44. The molecule has 2 aromatic heterocycles. The Morgan fingerprint density at radius 1 is 1.00 bits per heavy atom. The summed E-state index contributed by atoms with van der Waals surface area (Å²) in [7, 11) is -4.35. The molecule has 0 aliphatic heterocycles. The van der Waals surface area contributed by atoms with Gasteiger partial charge in [-0.25, -0.2) is 0 Å². The van der Waals surface area contributed by atoms with Gasteiger partial charge in [0.1, 0.15) is 16.6 Å². The normalized spacial score (nSPS) is 12.4. The Bertz CT molecular complexity index is 1070. The van der Waals surface area contributed by atoms with Gasteiger partial charge in [-0.3, -0.25) is 9.36 Å². The monoisotopic (exact) mass is 425 g/mol. The maximum Gasteiger partial charge on any atom is 0.419 e. The highest BCUT2D eigenvalue weighted by Crippen LogP contribution is 2.52. The summed E-state index contributed by atoms with van der Waals surface area (Å²) in [6.45, 7) is 2.77. The topological polar surface area (TPSA) is 57.0 Å². The lowest BCUT2D eigenvalue weighted by Gasteiger charge is -2.19. The number of rotatable bonds is 7. The van der Waals surface area contributed by atoms with Gasteiger partial charge < -0.3 is 13.4 Å². The first-order valence-corrected chi connectivity index (χ1v) is 10.5. The zero-order valence-corrected chi connectivity index (χ0v) is 16.7. The van der Waals surface area contributed by atoms with Crippen LogP contribution in [0.15, 0.2) is 54.7 Å². The van der Waals surface area contributed by atoms with Gasteiger partial charge in [0.2, 0.25) is 5.78 Å². The molecule has 0 aliphatic rings. The van der Waals surface area contributed by atoms with Gasteiger partial charge in [-0.05, 0) is 26.0 Å². The summed E-state index contributed by atoms with van der Waals surface area (Å²) in [5.74, 6) is -0.843. The molecule has 29 heavy (non-hydrogen) atoms. The van der Waals surface area contributed by atoms with Crippen molar-refractivity contribution in [2.24, 2.45) is 0 Å². The number of carbonyl (C=O) groups is 1. The van der Waals surface area contributed by atoms with E-state index in [1.807, 2.05) is 0 Å². The molecular weight excluding hydrogens is 406 g/mol. The first kappa shape index (κ1) is 21.3. The Labute approximate surface area is 165 Å². The summed E-state index contributed by atoms with van der Waals surface area (Å²) in [5.41, 5.74) is -1.91. The number of alkyl halides is 3. The summed E-state index contributed by atoms with van der Waals surface area (Å²) in [6, 6.07) is 12.0. The lowest BCUT2D eigenvalue weighted by Crippen LogP contribution is -2.23. The molecule has 0 N–H and O–H groups in total. The molecule has 0 fully saturated rings. The molecule has 0 spiro atoms. The molecule has 0 unspecified atom stereocenters. The zero-order chi connectivity index (χ0) is 21.2. The first-order valence-electron chi connectivity index (χ1n) is 8.94. The van der Waals surface area contributed by atoms with Gasteiger partial charge in [-0.2, -0.15) is 13.2 Å². The predicted molar refractivity (Wildman–Crippen MR) is 103 cm³/mol. The van der Waals surface area contributed by atoms with E-state index in [1.54, 1.807) is 18.2 Å². The van der Waals surface area contributed by atoms with Crippen molar-refractivity contribution >= 4 is 24.2 Å². The van der Waals surface area contributed by atoms with Gasteiger partial charge >= 0.3 is 13.8 Å². The maximum atomic E-state index is 14.2. The second kappa shape index (κ2) is 8.14. The molecule has 0 amide bonds. The summed E-state index contributed by atoms with van der Waals surface area (Å²) in [5, 5.41) is -0.645. The second-order valence-corrected chi connectivity index (χ2v) is 8.01. The molecule has 0 radical (unpaired) electrons. The highest BCUT2D eigenvalue weighted by atomic mass is 31.2. The SMILES string of the molecule is CCOP(=O)(OCC)c1c(C(F)(F)F)c(C(=O)c2ccccc2)n2ccccc12. The van der Waals surface area contributed by atoms with Crippen molar-refractivity contribution in [1.82, 2.24) is 4.40 Å². The van der Waals surface area contributed by atoms with E-state index in [4.69, 9.17) is 9.05 Å². The van der Waals surface area contributed by atoms with Gasteiger partial charge in [0.25, 0.3) is 0 Å². The number of pyridine rings is 1. The van der Waals surface area contributed by atoms with Gasteiger partial charge in [-0.1, -0.05) is 36.4 Å². The quantitative estimate of drug-likeness (QED) is 0.391. The minimum atomic E-state index is -4.97. The van der Waals surface area contributed by atoms with E-state index in [0.717, 1.165) is 4.40 Å². The number of benzene rings is 1. The van der Waals surface area contributed by atoms with Crippen molar-refractivity contribution in [2.75, 3.05) is 13.2 Å². The van der Waals surface area contributed by atoms with Crippen LogP contribution < -0.4 is 5.30 Å². The fraction of sp³-hybridized carbons (Fsp3) is 0.250. The fourth-order valence-corrected chi connectivity index (χ4v) is 5.17.